The molecule has 6 nitrogen and oxygen atoms in total. The quantitative estimate of drug-likeness (QED) is 0.830. The van der Waals surface area contributed by atoms with Crippen molar-refractivity contribution in [2.24, 2.45) is 0 Å². The summed E-state index contributed by atoms with van der Waals surface area (Å²) in [4.78, 5) is 12.3. The fourth-order valence-corrected chi connectivity index (χ4v) is 2.51. The number of nitrogens with one attached hydrogen (secondary N) is 1. The minimum Gasteiger partial charge on any atom is -0.490 e. The SMILES string of the molecule is CNc1ncnc(Sc2ncns2)c1OC. The van der Waals surface area contributed by atoms with Crippen LogP contribution in [0.2, 0.25) is 0 Å². The first-order chi connectivity index (χ1) is 7.85. The number of ether oxygens (including phenoxy) is 1. The van der Waals surface area contributed by atoms with Crippen LogP contribution in [-0.2, 0) is 0 Å². The fourth-order valence-electron chi connectivity index (χ4n) is 1.08. The molecule has 0 saturated carbocycles. The minimum atomic E-state index is 0.616. The predicted molar refractivity (Wildman–Crippen MR) is 62.2 cm³/mol. The predicted octanol–water partition coefficient (Wildman–Crippen LogP) is 1.53. The molecule has 0 aliphatic rings. The van der Waals surface area contributed by atoms with Crippen molar-refractivity contribution in [3.05, 3.63) is 12.7 Å². The van der Waals surface area contributed by atoms with E-state index in [-0.39, 0.29) is 0 Å². The Morgan fingerprint density at radius 3 is 2.81 bits per heavy atom. The average Bonchev–Trinajstić information content (AvgIpc) is 2.81. The van der Waals surface area contributed by atoms with Gasteiger partial charge in [0.25, 0.3) is 0 Å². The van der Waals surface area contributed by atoms with E-state index in [2.05, 4.69) is 24.6 Å². The van der Waals surface area contributed by atoms with Gasteiger partial charge >= 0.3 is 0 Å². The number of anilines is 1. The van der Waals surface area contributed by atoms with Gasteiger partial charge in [-0.15, -0.1) is 0 Å². The molecule has 2 heterocycles. The van der Waals surface area contributed by atoms with Gasteiger partial charge in [0.2, 0.25) is 0 Å². The third-order valence-corrected chi connectivity index (χ3v) is 3.44. The maximum absolute atomic E-state index is 5.26. The van der Waals surface area contributed by atoms with E-state index in [1.165, 1.54) is 35.9 Å². The first kappa shape index (κ1) is 11.1. The molecule has 0 aliphatic carbocycles. The summed E-state index contributed by atoms with van der Waals surface area (Å²) in [5.41, 5.74) is 0. The summed E-state index contributed by atoms with van der Waals surface area (Å²) in [6, 6.07) is 0. The summed E-state index contributed by atoms with van der Waals surface area (Å²) < 4.78 is 10.0. The molecular formula is C8H9N5OS2. The van der Waals surface area contributed by atoms with E-state index in [9.17, 15) is 0 Å². The molecule has 84 valence electrons. The van der Waals surface area contributed by atoms with E-state index in [4.69, 9.17) is 4.74 Å². The molecule has 1 N–H and O–H groups in total. The molecule has 0 amide bonds. The zero-order chi connectivity index (χ0) is 11.4. The highest BCUT2D eigenvalue weighted by molar-refractivity contribution is 8.01. The van der Waals surface area contributed by atoms with Crippen molar-refractivity contribution >= 4 is 29.1 Å². The lowest BCUT2D eigenvalue weighted by atomic mass is 10.5. The van der Waals surface area contributed by atoms with Crippen LogP contribution >= 0.6 is 23.3 Å². The minimum absolute atomic E-state index is 0.616. The average molecular weight is 255 g/mol. The number of methoxy groups -OCH3 is 1. The lowest BCUT2D eigenvalue weighted by molar-refractivity contribution is 0.400. The largest absolute Gasteiger partial charge is 0.490 e. The lowest BCUT2D eigenvalue weighted by Crippen LogP contribution is -1.99. The number of hydrogen-bond acceptors (Lipinski definition) is 8. The molecule has 0 unspecified atom stereocenters. The maximum atomic E-state index is 5.26. The molecule has 0 spiro atoms. The molecule has 8 heteroatoms. The van der Waals surface area contributed by atoms with Gasteiger partial charge in [-0.05, 0) is 23.3 Å². The highest BCUT2D eigenvalue weighted by atomic mass is 32.2. The first-order valence-corrected chi connectivity index (χ1v) is 5.95. The van der Waals surface area contributed by atoms with Crippen LogP contribution in [0.15, 0.2) is 22.0 Å². The van der Waals surface area contributed by atoms with Crippen LogP contribution in [0.25, 0.3) is 0 Å². The van der Waals surface area contributed by atoms with Gasteiger partial charge in [-0.3, -0.25) is 0 Å². The summed E-state index contributed by atoms with van der Waals surface area (Å²) in [5.74, 6) is 1.27. The standard InChI is InChI=1S/C8H9N5OS2/c1-9-6-5(14-2)7(11-3-10-6)15-8-12-4-13-16-8/h3-4H,1-2H3,(H,9,10,11). The van der Waals surface area contributed by atoms with E-state index < -0.39 is 0 Å². The summed E-state index contributed by atoms with van der Waals surface area (Å²) in [5, 5.41) is 3.67. The van der Waals surface area contributed by atoms with E-state index in [1.54, 1.807) is 14.2 Å². The van der Waals surface area contributed by atoms with Crippen LogP contribution < -0.4 is 10.1 Å². The van der Waals surface area contributed by atoms with Crippen molar-refractivity contribution < 1.29 is 4.74 Å². The van der Waals surface area contributed by atoms with Crippen molar-refractivity contribution in [1.29, 1.82) is 0 Å². The Morgan fingerprint density at radius 1 is 1.31 bits per heavy atom. The fraction of sp³-hybridized carbons (Fsp3) is 0.250. The van der Waals surface area contributed by atoms with E-state index >= 15 is 0 Å². The summed E-state index contributed by atoms with van der Waals surface area (Å²) in [7, 11) is 3.37. The summed E-state index contributed by atoms with van der Waals surface area (Å²) in [6.45, 7) is 0. The smallest absolute Gasteiger partial charge is 0.194 e. The third kappa shape index (κ3) is 2.22. The van der Waals surface area contributed by atoms with Crippen molar-refractivity contribution in [2.45, 2.75) is 9.37 Å². The summed E-state index contributed by atoms with van der Waals surface area (Å²) in [6.07, 6.45) is 3.00. The topological polar surface area (TPSA) is 72.8 Å². The van der Waals surface area contributed by atoms with E-state index in [1.807, 2.05) is 0 Å². The van der Waals surface area contributed by atoms with Crippen LogP contribution in [-0.4, -0.2) is 33.5 Å². The molecule has 16 heavy (non-hydrogen) atoms. The second-order valence-corrected chi connectivity index (χ2v) is 4.64. The molecule has 0 atom stereocenters. The van der Waals surface area contributed by atoms with Crippen molar-refractivity contribution in [3.63, 3.8) is 0 Å². The molecule has 0 aromatic carbocycles. The van der Waals surface area contributed by atoms with Crippen LogP contribution in [0.5, 0.6) is 5.75 Å². The molecule has 2 rings (SSSR count). The molecule has 0 radical (unpaired) electrons. The Balaban J connectivity index is 2.33. The van der Waals surface area contributed by atoms with Gasteiger partial charge in [-0.2, -0.15) is 4.37 Å². The molecular weight excluding hydrogens is 246 g/mol. The normalized spacial score (nSPS) is 10.1. The Labute approximate surface area is 101 Å². The molecule has 0 saturated heterocycles. The van der Waals surface area contributed by atoms with Crippen LogP contribution in [0.3, 0.4) is 0 Å². The monoisotopic (exact) mass is 255 g/mol. The number of nitrogens with zero attached hydrogens (tertiary/aromatic N) is 4. The zero-order valence-electron chi connectivity index (χ0n) is 8.67. The van der Waals surface area contributed by atoms with Gasteiger partial charge in [0.05, 0.1) is 7.11 Å². The van der Waals surface area contributed by atoms with Crippen LogP contribution in [0.1, 0.15) is 0 Å². The zero-order valence-corrected chi connectivity index (χ0v) is 10.3. The molecule has 0 fully saturated rings. The van der Waals surface area contributed by atoms with Crippen LogP contribution in [0.4, 0.5) is 5.82 Å². The number of rotatable bonds is 4. The maximum Gasteiger partial charge on any atom is 0.194 e. The number of hydrogen-bond donors (Lipinski definition) is 1. The van der Waals surface area contributed by atoms with Crippen LogP contribution in [0, 0.1) is 0 Å². The van der Waals surface area contributed by atoms with Gasteiger partial charge in [0.15, 0.2) is 20.9 Å². The van der Waals surface area contributed by atoms with Gasteiger partial charge < -0.3 is 10.1 Å². The lowest BCUT2D eigenvalue weighted by Gasteiger charge is -2.09. The molecule has 0 aliphatic heterocycles. The number of aromatic nitrogens is 4. The Hall–Kier alpha value is -1.41. The highest BCUT2D eigenvalue weighted by Crippen LogP contribution is 2.36. The van der Waals surface area contributed by atoms with Gasteiger partial charge in [0.1, 0.15) is 12.7 Å². The van der Waals surface area contributed by atoms with E-state index in [0.717, 1.165) is 9.37 Å². The van der Waals surface area contributed by atoms with Gasteiger partial charge in [-0.25, -0.2) is 15.0 Å². The van der Waals surface area contributed by atoms with Crippen molar-refractivity contribution in [3.8, 4) is 5.75 Å². The Kier molecular flexibility index (Phi) is 3.52. The second-order valence-electron chi connectivity index (χ2n) is 2.62. The molecule has 2 aromatic heterocycles. The van der Waals surface area contributed by atoms with Gasteiger partial charge in [0, 0.05) is 7.05 Å². The third-order valence-electron chi connectivity index (χ3n) is 1.74. The van der Waals surface area contributed by atoms with Crippen molar-refractivity contribution in [2.75, 3.05) is 19.5 Å². The van der Waals surface area contributed by atoms with Gasteiger partial charge in [-0.1, -0.05) is 0 Å². The van der Waals surface area contributed by atoms with E-state index in [0.29, 0.717) is 11.6 Å². The van der Waals surface area contributed by atoms with Crippen molar-refractivity contribution in [1.82, 2.24) is 19.3 Å². The Morgan fingerprint density at radius 2 is 2.19 bits per heavy atom. The Bertz CT molecular complexity index is 461. The second kappa shape index (κ2) is 5.08. The summed E-state index contributed by atoms with van der Waals surface area (Å²) >= 11 is 2.72. The molecule has 2 aromatic rings. The highest BCUT2D eigenvalue weighted by Gasteiger charge is 2.13. The first-order valence-electron chi connectivity index (χ1n) is 4.36. The molecule has 0 bridgehead atoms.